The van der Waals surface area contributed by atoms with E-state index in [2.05, 4.69) is 35.2 Å². The lowest BCUT2D eigenvalue weighted by Crippen LogP contribution is -2.32. The maximum absolute atomic E-state index is 4.18. The Morgan fingerprint density at radius 1 is 1.41 bits per heavy atom. The van der Waals surface area contributed by atoms with Gasteiger partial charge in [0.15, 0.2) is 0 Å². The molecule has 1 aliphatic heterocycles. The Morgan fingerprint density at radius 2 is 2.29 bits per heavy atom. The molecule has 0 amide bonds. The molecule has 2 heterocycles. The van der Waals surface area contributed by atoms with Gasteiger partial charge in [-0.3, -0.25) is 4.98 Å². The standard InChI is InChI=1S/C14H23N3/c1-12(13-5-3-8-15-11-13)16-14-6-4-9-17(2)10-7-14/h3,5,8,11-12,14,16H,4,6-7,9-10H2,1-2H3/t12-,14?/m0/s1. The van der Waals surface area contributed by atoms with E-state index in [0.717, 1.165) is 0 Å². The van der Waals surface area contributed by atoms with E-state index in [1.165, 1.54) is 37.9 Å². The van der Waals surface area contributed by atoms with Crippen LogP contribution in [-0.2, 0) is 0 Å². The minimum absolute atomic E-state index is 0.400. The number of pyridine rings is 1. The third-order valence-corrected chi connectivity index (χ3v) is 3.62. The van der Waals surface area contributed by atoms with Crippen molar-refractivity contribution in [2.24, 2.45) is 0 Å². The minimum Gasteiger partial charge on any atom is -0.307 e. The smallest absolute Gasteiger partial charge is 0.0315 e. The summed E-state index contributed by atoms with van der Waals surface area (Å²) in [4.78, 5) is 6.61. The molecule has 0 aliphatic carbocycles. The topological polar surface area (TPSA) is 28.2 Å². The van der Waals surface area contributed by atoms with Crippen molar-refractivity contribution < 1.29 is 0 Å². The predicted molar refractivity (Wildman–Crippen MR) is 70.9 cm³/mol. The van der Waals surface area contributed by atoms with Gasteiger partial charge in [0.1, 0.15) is 0 Å². The van der Waals surface area contributed by atoms with Crippen LogP contribution in [0.4, 0.5) is 0 Å². The summed E-state index contributed by atoms with van der Waals surface area (Å²) in [6, 6.07) is 5.20. The second kappa shape index (κ2) is 6.12. The highest BCUT2D eigenvalue weighted by molar-refractivity contribution is 5.13. The molecule has 0 spiro atoms. The first-order valence-electron chi connectivity index (χ1n) is 6.60. The number of rotatable bonds is 3. The largest absolute Gasteiger partial charge is 0.307 e. The Morgan fingerprint density at radius 3 is 3.06 bits per heavy atom. The zero-order valence-corrected chi connectivity index (χ0v) is 10.9. The van der Waals surface area contributed by atoms with Crippen LogP contribution >= 0.6 is 0 Å². The first-order chi connectivity index (χ1) is 8.25. The number of aromatic nitrogens is 1. The van der Waals surface area contributed by atoms with Gasteiger partial charge in [-0.25, -0.2) is 0 Å². The van der Waals surface area contributed by atoms with Crippen molar-refractivity contribution in [1.29, 1.82) is 0 Å². The zero-order valence-electron chi connectivity index (χ0n) is 10.9. The van der Waals surface area contributed by atoms with E-state index < -0.39 is 0 Å². The normalized spacial score (nSPS) is 24.2. The van der Waals surface area contributed by atoms with Crippen molar-refractivity contribution in [2.75, 3.05) is 20.1 Å². The van der Waals surface area contributed by atoms with Crippen molar-refractivity contribution in [3.63, 3.8) is 0 Å². The van der Waals surface area contributed by atoms with Gasteiger partial charge in [-0.2, -0.15) is 0 Å². The lowest BCUT2D eigenvalue weighted by Gasteiger charge is -2.22. The Hall–Kier alpha value is -0.930. The second-order valence-corrected chi connectivity index (χ2v) is 5.11. The quantitative estimate of drug-likeness (QED) is 0.867. The number of nitrogens with zero attached hydrogens (tertiary/aromatic N) is 2. The molecule has 1 saturated heterocycles. The van der Waals surface area contributed by atoms with Gasteiger partial charge in [0.25, 0.3) is 0 Å². The van der Waals surface area contributed by atoms with Crippen molar-refractivity contribution in [1.82, 2.24) is 15.2 Å². The van der Waals surface area contributed by atoms with E-state index in [-0.39, 0.29) is 0 Å². The van der Waals surface area contributed by atoms with E-state index >= 15 is 0 Å². The molecule has 1 N–H and O–H groups in total. The molecule has 1 aromatic heterocycles. The van der Waals surface area contributed by atoms with Gasteiger partial charge in [-0.1, -0.05) is 6.07 Å². The molecule has 0 saturated carbocycles. The highest BCUT2D eigenvalue weighted by Gasteiger charge is 2.17. The third-order valence-electron chi connectivity index (χ3n) is 3.62. The Labute approximate surface area is 104 Å². The molecule has 0 radical (unpaired) electrons. The van der Waals surface area contributed by atoms with E-state index in [9.17, 15) is 0 Å². The lowest BCUT2D eigenvalue weighted by atomic mass is 10.1. The van der Waals surface area contributed by atoms with Crippen molar-refractivity contribution in [2.45, 2.75) is 38.3 Å². The van der Waals surface area contributed by atoms with Crippen LogP contribution in [0.15, 0.2) is 24.5 Å². The first kappa shape index (κ1) is 12.5. The monoisotopic (exact) mass is 233 g/mol. The molecule has 94 valence electrons. The Kier molecular flexibility index (Phi) is 4.51. The van der Waals surface area contributed by atoms with Crippen LogP contribution in [0.25, 0.3) is 0 Å². The van der Waals surface area contributed by atoms with E-state index in [4.69, 9.17) is 0 Å². The fourth-order valence-corrected chi connectivity index (χ4v) is 2.49. The molecule has 1 fully saturated rings. The summed E-state index contributed by atoms with van der Waals surface area (Å²) in [6.45, 7) is 4.67. The number of hydrogen-bond acceptors (Lipinski definition) is 3. The summed E-state index contributed by atoms with van der Waals surface area (Å²) in [5.41, 5.74) is 1.28. The maximum Gasteiger partial charge on any atom is 0.0315 e. The number of hydrogen-bond donors (Lipinski definition) is 1. The fraction of sp³-hybridized carbons (Fsp3) is 0.643. The highest BCUT2D eigenvalue weighted by atomic mass is 15.1. The van der Waals surface area contributed by atoms with Gasteiger partial charge >= 0.3 is 0 Å². The van der Waals surface area contributed by atoms with Crippen LogP contribution < -0.4 is 5.32 Å². The van der Waals surface area contributed by atoms with Crippen LogP contribution in [0.5, 0.6) is 0 Å². The van der Waals surface area contributed by atoms with Crippen LogP contribution in [0.3, 0.4) is 0 Å². The average Bonchev–Trinajstić information content (AvgIpc) is 2.56. The van der Waals surface area contributed by atoms with Crippen LogP contribution in [0, 0.1) is 0 Å². The molecule has 0 bridgehead atoms. The first-order valence-corrected chi connectivity index (χ1v) is 6.60. The predicted octanol–water partition coefficient (Wildman–Crippen LogP) is 2.22. The van der Waals surface area contributed by atoms with E-state index in [1.807, 2.05) is 18.5 Å². The molecule has 1 unspecified atom stereocenters. The van der Waals surface area contributed by atoms with Gasteiger partial charge in [0.2, 0.25) is 0 Å². The Bertz CT molecular complexity index is 325. The maximum atomic E-state index is 4.18. The van der Waals surface area contributed by atoms with Crippen molar-refractivity contribution in [3.05, 3.63) is 30.1 Å². The van der Waals surface area contributed by atoms with Gasteiger partial charge in [-0.05, 0) is 58.0 Å². The van der Waals surface area contributed by atoms with Gasteiger partial charge in [-0.15, -0.1) is 0 Å². The summed E-state index contributed by atoms with van der Waals surface area (Å²) in [6.07, 6.45) is 7.63. The van der Waals surface area contributed by atoms with Crippen LogP contribution in [0.1, 0.15) is 37.8 Å². The molecule has 17 heavy (non-hydrogen) atoms. The SMILES string of the molecule is C[C@H](NC1CCCN(C)CC1)c1cccnc1. The summed E-state index contributed by atoms with van der Waals surface area (Å²) < 4.78 is 0. The summed E-state index contributed by atoms with van der Waals surface area (Å²) in [7, 11) is 2.22. The molecule has 2 rings (SSSR count). The lowest BCUT2D eigenvalue weighted by molar-refractivity contribution is 0.340. The van der Waals surface area contributed by atoms with Crippen LogP contribution in [0.2, 0.25) is 0 Å². The summed E-state index contributed by atoms with van der Waals surface area (Å²) in [5.74, 6) is 0. The van der Waals surface area contributed by atoms with Crippen molar-refractivity contribution >= 4 is 0 Å². The van der Waals surface area contributed by atoms with Gasteiger partial charge < -0.3 is 10.2 Å². The molecular formula is C14H23N3. The summed E-state index contributed by atoms with van der Waals surface area (Å²) in [5, 5.41) is 3.73. The Balaban J connectivity index is 1.88. The average molecular weight is 233 g/mol. The number of likely N-dealkylation sites (tertiary alicyclic amines) is 1. The van der Waals surface area contributed by atoms with Crippen molar-refractivity contribution in [3.8, 4) is 0 Å². The minimum atomic E-state index is 0.400. The van der Waals surface area contributed by atoms with Gasteiger partial charge in [0, 0.05) is 24.5 Å². The summed E-state index contributed by atoms with van der Waals surface area (Å²) >= 11 is 0. The molecule has 1 aliphatic rings. The fourth-order valence-electron chi connectivity index (χ4n) is 2.49. The van der Waals surface area contributed by atoms with Crippen LogP contribution in [-0.4, -0.2) is 36.1 Å². The highest BCUT2D eigenvalue weighted by Crippen LogP contribution is 2.16. The molecule has 3 nitrogen and oxygen atoms in total. The van der Waals surface area contributed by atoms with Gasteiger partial charge in [0.05, 0.1) is 0 Å². The molecular weight excluding hydrogens is 210 g/mol. The zero-order chi connectivity index (χ0) is 12.1. The third kappa shape index (κ3) is 3.79. The number of nitrogens with one attached hydrogen (secondary N) is 1. The molecule has 3 heteroatoms. The molecule has 0 aromatic carbocycles. The van der Waals surface area contributed by atoms with E-state index in [1.54, 1.807) is 0 Å². The second-order valence-electron chi connectivity index (χ2n) is 5.11. The molecule has 2 atom stereocenters. The van der Waals surface area contributed by atoms with E-state index in [0.29, 0.717) is 12.1 Å². The molecule has 1 aromatic rings.